The van der Waals surface area contributed by atoms with Crippen LogP contribution in [-0.4, -0.2) is 40.3 Å². The van der Waals surface area contributed by atoms with Gasteiger partial charge in [-0.2, -0.15) is 0 Å². The van der Waals surface area contributed by atoms with Gasteiger partial charge in [-0.1, -0.05) is 0 Å². The molecule has 0 aliphatic carbocycles. The zero-order valence-electron chi connectivity index (χ0n) is 10.2. The molecular weight excluding hydrogens is 270 g/mol. The van der Waals surface area contributed by atoms with Crippen molar-refractivity contribution in [2.75, 3.05) is 19.8 Å². The average Bonchev–Trinajstić information content (AvgIpc) is 2.63. The molecule has 7 heteroatoms. The molecule has 1 aliphatic rings. The minimum Gasteiger partial charge on any atom is -0.490 e. The van der Waals surface area contributed by atoms with Gasteiger partial charge in [-0.05, 0) is 12.1 Å². The molecule has 0 spiro atoms. The van der Waals surface area contributed by atoms with Crippen molar-refractivity contribution in [3.8, 4) is 11.5 Å². The number of carboxylic acid groups (broad SMARTS) is 1. The van der Waals surface area contributed by atoms with Gasteiger partial charge in [0, 0.05) is 23.9 Å². The van der Waals surface area contributed by atoms with Crippen LogP contribution in [0.1, 0.15) is 6.42 Å². The predicted octanol–water partition coefficient (Wildman–Crippen LogP) is 0.367. The maximum absolute atomic E-state index is 12.1. The lowest BCUT2D eigenvalue weighted by Gasteiger charge is -2.12. The fourth-order valence-electron chi connectivity index (χ4n) is 1.71. The number of ether oxygens (including phenoxy) is 2. The standard InChI is InChI=1S/C12H15NO5S/c13-7-11(12(14)15)19(16)8-2-3-9-10(6-8)18-5-1-4-17-9/h2-3,6,11H,1,4-5,7,13H2,(H,14,15). The fraction of sp³-hybridized carbons (Fsp3) is 0.417. The van der Waals surface area contributed by atoms with Crippen LogP contribution in [0.15, 0.2) is 23.1 Å². The summed E-state index contributed by atoms with van der Waals surface area (Å²) in [5, 5.41) is 7.84. The topological polar surface area (TPSA) is 98.9 Å². The Hall–Kier alpha value is -1.60. The summed E-state index contributed by atoms with van der Waals surface area (Å²) in [5.74, 6) is -0.102. The predicted molar refractivity (Wildman–Crippen MR) is 68.9 cm³/mol. The molecule has 0 amide bonds. The molecule has 0 radical (unpaired) electrons. The van der Waals surface area contributed by atoms with E-state index in [1.54, 1.807) is 18.2 Å². The lowest BCUT2D eigenvalue weighted by Crippen LogP contribution is -2.33. The molecule has 6 nitrogen and oxygen atoms in total. The third kappa shape index (κ3) is 3.05. The highest BCUT2D eigenvalue weighted by Gasteiger charge is 2.25. The van der Waals surface area contributed by atoms with Gasteiger partial charge in [-0.15, -0.1) is 0 Å². The van der Waals surface area contributed by atoms with Crippen LogP contribution < -0.4 is 15.2 Å². The van der Waals surface area contributed by atoms with Gasteiger partial charge in [0.25, 0.3) is 0 Å². The Morgan fingerprint density at radius 1 is 1.37 bits per heavy atom. The molecule has 0 bridgehead atoms. The van der Waals surface area contributed by atoms with Gasteiger partial charge in [-0.3, -0.25) is 9.00 Å². The highest BCUT2D eigenvalue weighted by molar-refractivity contribution is 7.86. The average molecular weight is 285 g/mol. The Morgan fingerprint density at radius 3 is 2.68 bits per heavy atom. The molecule has 104 valence electrons. The minimum atomic E-state index is -1.72. The summed E-state index contributed by atoms with van der Waals surface area (Å²) >= 11 is 0. The molecule has 1 aliphatic heterocycles. The van der Waals surface area contributed by atoms with E-state index in [2.05, 4.69) is 0 Å². The van der Waals surface area contributed by atoms with E-state index < -0.39 is 22.0 Å². The number of benzene rings is 1. The monoisotopic (exact) mass is 285 g/mol. The molecule has 0 saturated carbocycles. The summed E-state index contributed by atoms with van der Waals surface area (Å²) in [4.78, 5) is 11.3. The van der Waals surface area contributed by atoms with Crippen LogP contribution in [0.3, 0.4) is 0 Å². The normalized spacial score (nSPS) is 17.3. The highest BCUT2D eigenvalue weighted by atomic mass is 32.2. The van der Waals surface area contributed by atoms with Gasteiger partial charge in [0.15, 0.2) is 11.5 Å². The van der Waals surface area contributed by atoms with Crippen molar-refractivity contribution in [2.24, 2.45) is 5.73 Å². The van der Waals surface area contributed by atoms with Crippen molar-refractivity contribution in [3.63, 3.8) is 0 Å². The zero-order chi connectivity index (χ0) is 13.8. The first kappa shape index (κ1) is 13.8. The van der Waals surface area contributed by atoms with Crippen LogP contribution in [0.5, 0.6) is 11.5 Å². The van der Waals surface area contributed by atoms with Crippen molar-refractivity contribution in [2.45, 2.75) is 16.6 Å². The molecule has 19 heavy (non-hydrogen) atoms. The first-order valence-electron chi connectivity index (χ1n) is 5.86. The van der Waals surface area contributed by atoms with E-state index in [4.69, 9.17) is 20.3 Å². The quantitative estimate of drug-likeness (QED) is 0.829. The summed E-state index contributed by atoms with van der Waals surface area (Å²) < 4.78 is 23.1. The maximum atomic E-state index is 12.1. The van der Waals surface area contributed by atoms with Gasteiger partial charge in [0.1, 0.15) is 5.25 Å². The van der Waals surface area contributed by atoms with E-state index in [1.165, 1.54) is 0 Å². The Kier molecular flexibility index (Phi) is 4.39. The Morgan fingerprint density at radius 2 is 2.05 bits per heavy atom. The summed E-state index contributed by atoms with van der Waals surface area (Å²) in [6.07, 6.45) is 0.771. The lowest BCUT2D eigenvalue weighted by atomic mass is 10.3. The molecule has 0 saturated heterocycles. The second-order valence-corrected chi connectivity index (χ2v) is 5.65. The van der Waals surface area contributed by atoms with Crippen molar-refractivity contribution < 1.29 is 23.6 Å². The molecule has 0 fully saturated rings. The van der Waals surface area contributed by atoms with Crippen molar-refractivity contribution in [1.29, 1.82) is 0 Å². The SMILES string of the molecule is NCC(C(=O)O)S(=O)c1ccc2c(c1)OCCCO2. The summed E-state index contributed by atoms with van der Waals surface area (Å²) in [7, 11) is -1.72. The number of carboxylic acids is 1. The lowest BCUT2D eigenvalue weighted by molar-refractivity contribution is -0.136. The minimum absolute atomic E-state index is 0.184. The van der Waals surface area contributed by atoms with E-state index >= 15 is 0 Å². The molecule has 2 rings (SSSR count). The van der Waals surface area contributed by atoms with E-state index in [0.29, 0.717) is 29.6 Å². The van der Waals surface area contributed by atoms with E-state index in [1.807, 2.05) is 0 Å². The molecule has 2 unspecified atom stereocenters. The van der Waals surface area contributed by atoms with Gasteiger partial charge in [-0.25, -0.2) is 0 Å². The molecule has 1 heterocycles. The van der Waals surface area contributed by atoms with Crippen LogP contribution in [0, 0.1) is 0 Å². The number of hydrogen-bond acceptors (Lipinski definition) is 5. The van der Waals surface area contributed by atoms with E-state index in [9.17, 15) is 9.00 Å². The van der Waals surface area contributed by atoms with Crippen LogP contribution in [0.2, 0.25) is 0 Å². The van der Waals surface area contributed by atoms with Crippen molar-refractivity contribution >= 4 is 16.8 Å². The number of fused-ring (bicyclic) bond motifs is 1. The van der Waals surface area contributed by atoms with Gasteiger partial charge in [0.2, 0.25) is 0 Å². The fourth-order valence-corrected chi connectivity index (χ4v) is 2.82. The second-order valence-electron chi connectivity index (χ2n) is 4.02. The zero-order valence-corrected chi connectivity index (χ0v) is 11.0. The van der Waals surface area contributed by atoms with Crippen molar-refractivity contribution in [3.05, 3.63) is 18.2 Å². The molecule has 0 aromatic heterocycles. The maximum Gasteiger partial charge on any atom is 0.320 e. The number of rotatable bonds is 4. The van der Waals surface area contributed by atoms with Crippen molar-refractivity contribution in [1.82, 2.24) is 0 Å². The van der Waals surface area contributed by atoms with E-state index in [-0.39, 0.29) is 6.54 Å². The third-order valence-electron chi connectivity index (χ3n) is 2.70. The first-order chi connectivity index (χ1) is 9.13. The summed E-state index contributed by atoms with van der Waals surface area (Å²) in [6.45, 7) is 0.898. The molecule has 1 aromatic rings. The van der Waals surface area contributed by atoms with Gasteiger partial charge in [0.05, 0.1) is 24.0 Å². The highest BCUT2D eigenvalue weighted by Crippen LogP contribution is 2.31. The number of aliphatic carboxylic acids is 1. The molecule has 2 atom stereocenters. The summed E-state index contributed by atoms with van der Waals surface area (Å²) in [5.41, 5.74) is 5.34. The Labute approximate surface area is 113 Å². The smallest absolute Gasteiger partial charge is 0.320 e. The molecule has 1 aromatic carbocycles. The second kappa shape index (κ2) is 6.03. The first-order valence-corrected chi connectivity index (χ1v) is 7.08. The number of hydrogen-bond donors (Lipinski definition) is 2. The largest absolute Gasteiger partial charge is 0.490 e. The van der Waals surface area contributed by atoms with Crippen LogP contribution in [0.4, 0.5) is 0 Å². The van der Waals surface area contributed by atoms with Gasteiger partial charge >= 0.3 is 5.97 Å². The Balaban J connectivity index is 2.28. The van der Waals surface area contributed by atoms with E-state index in [0.717, 1.165) is 6.42 Å². The molecular formula is C12H15NO5S. The van der Waals surface area contributed by atoms with Crippen LogP contribution in [-0.2, 0) is 15.6 Å². The third-order valence-corrected chi connectivity index (χ3v) is 4.33. The summed E-state index contributed by atoms with van der Waals surface area (Å²) in [6, 6.07) is 4.78. The van der Waals surface area contributed by atoms with Gasteiger partial charge < -0.3 is 20.3 Å². The Bertz CT molecular complexity index is 505. The number of carbonyl (C=O) groups is 1. The van der Waals surface area contributed by atoms with Crippen LogP contribution >= 0.6 is 0 Å². The van der Waals surface area contributed by atoms with Crippen LogP contribution in [0.25, 0.3) is 0 Å². The molecule has 3 N–H and O–H groups in total. The number of nitrogens with two attached hydrogens (primary N) is 1.